The molecule has 1 fully saturated rings. The lowest BCUT2D eigenvalue weighted by atomic mass is 10.2. The molecule has 27 heavy (non-hydrogen) atoms. The monoisotopic (exact) mass is 373 g/mol. The molecule has 0 aliphatic heterocycles. The fourth-order valence-electron chi connectivity index (χ4n) is 2.45. The van der Waals surface area contributed by atoms with Crippen molar-refractivity contribution in [2.45, 2.75) is 58.1 Å². The zero-order chi connectivity index (χ0) is 19.8. The summed E-state index contributed by atoms with van der Waals surface area (Å²) in [6, 6.07) is 0.948. The number of carbonyl (C=O) groups excluding carboxylic acids is 2. The van der Waals surface area contributed by atoms with Gasteiger partial charge in [0, 0.05) is 12.0 Å². The minimum atomic E-state index is -0.664. The molecule has 2 aromatic rings. The van der Waals surface area contributed by atoms with E-state index in [1.165, 1.54) is 17.1 Å². The number of rotatable bonds is 5. The number of carbonyl (C=O) groups is 2. The Bertz CT molecular complexity index is 868. The van der Waals surface area contributed by atoms with Crippen LogP contribution < -0.4 is 11.1 Å². The highest BCUT2D eigenvalue weighted by Gasteiger charge is 2.31. The molecule has 0 radical (unpaired) electrons. The lowest BCUT2D eigenvalue weighted by Gasteiger charge is -2.21. The van der Waals surface area contributed by atoms with Gasteiger partial charge in [-0.1, -0.05) is 0 Å². The number of hydrogen-bond donors (Lipinski definition) is 2. The molecule has 1 atom stereocenters. The molecule has 1 saturated carbocycles. The largest absolute Gasteiger partial charge is 0.444 e. The van der Waals surface area contributed by atoms with Gasteiger partial charge in [-0.3, -0.25) is 4.79 Å². The van der Waals surface area contributed by atoms with Gasteiger partial charge in [0.1, 0.15) is 17.6 Å². The predicted octanol–water partition coefficient (Wildman–Crippen LogP) is 1.62. The number of nitrogens with two attached hydrogens (primary N) is 1. The van der Waals surface area contributed by atoms with Crippen LogP contribution in [-0.2, 0) is 4.74 Å². The number of aromatic nitrogens is 5. The first kappa shape index (κ1) is 18.7. The summed E-state index contributed by atoms with van der Waals surface area (Å²) in [5.74, 6) is 1.16. The van der Waals surface area contributed by atoms with E-state index in [0.717, 1.165) is 12.8 Å². The second-order valence-corrected chi connectivity index (χ2v) is 7.51. The van der Waals surface area contributed by atoms with E-state index in [1.54, 1.807) is 27.7 Å². The van der Waals surface area contributed by atoms with Gasteiger partial charge in [-0.25, -0.2) is 19.7 Å². The first-order chi connectivity index (χ1) is 12.6. The topological polar surface area (TPSA) is 138 Å². The van der Waals surface area contributed by atoms with E-state index in [1.807, 2.05) is 0 Å². The molecule has 3 N–H and O–H groups in total. The second-order valence-electron chi connectivity index (χ2n) is 7.51. The van der Waals surface area contributed by atoms with Crippen molar-refractivity contribution in [1.29, 1.82) is 0 Å². The van der Waals surface area contributed by atoms with Crippen LogP contribution >= 0.6 is 0 Å². The van der Waals surface area contributed by atoms with E-state index in [2.05, 4.69) is 25.4 Å². The molecule has 1 aliphatic rings. The third-order valence-corrected chi connectivity index (χ3v) is 3.83. The van der Waals surface area contributed by atoms with E-state index in [9.17, 15) is 9.59 Å². The number of alkyl carbamates (subject to hydrolysis) is 1. The lowest BCUT2D eigenvalue weighted by molar-refractivity contribution is 0.0505. The molecule has 0 bridgehead atoms. The Labute approximate surface area is 156 Å². The van der Waals surface area contributed by atoms with Crippen LogP contribution in [0.4, 0.5) is 4.79 Å². The van der Waals surface area contributed by atoms with Crippen molar-refractivity contribution < 1.29 is 14.3 Å². The van der Waals surface area contributed by atoms with Crippen LogP contribution in [-0.4, -0.2) is 42.3 Å². The van der Waals surface area contributed by atoms with Crippen LogP contribution in [0.3, 0.4) is 0 Å². The number of nitrogens with zero attached hydrogens (tertiary/aromatic N) is 5. The minimum Gasteiger partial charge on any atom is -0.444 e. The molecule has 2 heterocycles. The van der Waals surface area contributed by atoms with Crippen LogP contribution in [0, 0.1) is 0 Å². The Morgan fingerprint density at radius 3 is 2.63 bits per heavy atom. The van der Waals surface area contributed by atoms with Crippen LogP contribution in [0.1, 0.15) is 74.6 Å². The Morgan fingerprint density at radius 1 is 1.33 bits per heavy atom. The van der Waals surface area contributed by atoms with E-state index >= 15 is 0 Å². The molecule has 10 nitrogen and oxygen atoms in total. The van der Waals surface area contributed by atoms with Crippen molar-refractivity contribution in [3.63, 3.8) is 0 Å². The Morgan fingerprint density at radius 2 is 2.04 bits per heavy atom. The predicted molar refractivity (Wildman–Crippen MR) is 95.2 cm³/mol. The highest BCUT2D eigenvalue weighted by atomic mass is 16.6. The molecule has 2 amide bonds. The average molecular weight is 373 g/mol. The maximum atomic E-state index is 12.1. The Hall–Kier alpha value is -3.04. The van der Waals surface area contributed by atoms with Gasteiger partial charge in [-0.2, -0.15) is 4.68 Å². The quantitative estimate of drug-likeness (QED) is 0.812. The van der Waals surface area contributed by atoms with Crippen LogP contribution in [0.5, 0.6) is 0 Å². The summed E-state index contributed by atoms with van der Waals surface area (Å²) < 4.78 is 6.80. The summed E-state index contributed by atoms with van der Waals surface area (Å²) in [6.45, 7) is 7.14. The van der Waals surface area contributed by atoms with Gasteiger partial charge in [-0.05, 0) is 40.5 Å². The number of nitrogens with one attached hydrogen (secondary N) is 1. The third kappa shape index (κ3) is 4.57. The standard InChI is InChI=1S/C17H23N7O3/c1-9(21-16(26)27-17(2,3)4)15-22-14(10-5-6-10)23-24(15)12-7-11(13(18)25)19-8-20-12/h7-10H,5-6H2,1-4H3,(H2,18,25)(H,21,26). The molecule has 10 heteroatoms. The summed E-state index contributed by atoms with van der Waals surface area (Å²) >= 11 is 0. The summed E-state index contributed by atoms with van der Waals surface area (Å²) in [5, 5.41) is 7.27. The zero-order valence-corrected chi connectivity index (χ0v) is 15.8. The molecule has 2 aromatic heterocycles. The number of amides is 2. The molecule has 0 aromatic carbocycles. The van der Waals surface area contributed by atoms with Gasteiger partial charge in [0.05, 0.1) is 6.04 Å². The van der Waals surface area contributed by atoms with Gasteiger partial charge in [-0.15, -0.1) is 5.10 Å². The molecule has 0 spiro atoms. The highest BCUT2D eigenvalue weighted by Crippen LogP contribution is 2.38. The molecule has 1 aliphatic carbocycles. The minimum absolute atomic E-state index is 0.0715. The molecule has 1 unspecified atom stereocenters. The van der Waals surface area contributed by atoms with Crippen molar-refractivity contribution in [3.8, 4) is 5.82 Å². The molecule has 144 valence electrons. The van der Waals surface area contributed by atoms with Crippen molar-refractivity contribution in [1.82, 2.24) is 30.0 Å². The van der Waals surface area contributed by atoms with E-state index in [0.29, 0.717) is 23.4 Å². The van der Waals surface area contributed by atoms with E-state index in [-0.39, 0.29) is 5.69 Å². The van der Waals surface area contributed by atoms with Crippen molar-refractivity contribution in [3.05, 3.63) is 29.7 Å². The summed E-state index contributed by atoms with van der Waals surface area (Å²) in [5.41, 5.74) is 4.76. The average Bonchev–Trinajstić information content (AvgIpc) is 3.31. The first-order valence-corrected chi connectivity index (χ1v) is 8.72. The molecular weight excluding hydrogens is 350 g/mol. The normalized spacial score (nSPS) is 15.3. The van der Waals surface area contributed by atoms with Gasteiger partial charge in [0.15, 0.2) is 17.5 Å². The molecular formula is C17H23N7O3. The third-order valence-electron chi connectivity index (χ3n) is 3.83. The van der Waals surface area contributed by atoms with Crippen LogP contribution in [0.25, 0.3) is 5.82 Å². The smallest absolute Gasteiger partial charge is 0.408 e. The van der Waals surface area contributed by atoms with Gasteiger partial charge >= 0.3 is 6.09 Å². The zero-order valence-electron chi connectivity index (χ0n) is 15.8. The SMILES string of the molecule is CC(NC(=O)OC(C)(C)C)c1nc(C2CC2)nn1-c1cc(C(N)=O)ncn1. The van der Waals surface area contributed by atoms with E-state index in [4.69, 9.17) is 10.5 Å². The summed E-state index contributed by atoms with van der Waals surface area (Å²) in [6.07, 6.45) is 2.73. The first-order valence-electron chi connectivity index (χ1n) is 8.72. The number of ether oxygens (including phenoxy) is 1. The Balaban J connectivity index is 1.91. The van der Waals surface area contributed by atoms with Crippen molar-refractivity contribution >= 4 is 12.0 Å². The molecule has 3 rings (SSSR count). The van der Waals surface area contributed by atoms with Crippen LogP contribution in [0.15, 0.2) is 12.4 Å². The maximum Gasteiger partial charge on any atom is 0.408 e. The number of primary amides is 1. The fourth-order valence-corrected chi connectivity index (χ4v) is 2.45. The second kappa shape index (κ2) is 6.93. The van der Waals surface area contributed by atoms with Gasteiger partial charge in [0.25, 0.3) is 5.91 Å². The highest BCUT2D eigenvalue weighted by molar-refractivity contribution is 5.91. The van der Waals surface area contributed by atoms with E-state index < -0.39 is 23.6 Å². The fraction of sp³-hybridized carbons (Fsp3) is 0.529. The number of hydrogen-bond acceptors (Lipinski definition) is 7. The van der Waals surface area contributed by atoms with Crippen molar-refractivity contribution in [2.75, 3.05) is 0 Å². The van der Waals surface area contributed by atoms with Crippen LogP contribution in [0.2, 0.25) is 0 Å². The maximum absolute atomic E-state index is 12.1. The summed E-state index contributed by atoms with van der Waals surface area (Å²) in [4.78, 5) is 36.1. The summed E-state index contributed by atoms with van der Waals surface area (Å²) in [7, 11) is 0. The Kier molecular flexibility index (Phi) is 4.81. The molecule has 0 saturated heterocycles. The van der Waals surface area contributed by atoms with Crippen molar-refractivity contribution in [2.24, 2.45) is 5.73 Å². The van der Waals surface area contributed by atoms with Gasteiger partial charge < -0.3 is 15.8 Å². The lowest BCUT2D eigenvalue weighted by Crippen LogP contribution is -2.35. The van der Waals surface area contributed by atoms with Gasteiger partial charge in [0.2, 0.25) is 0 Å².